The second kappa shape index (κ2) is 10.0. The van der Waals surface area contributed by atoms with Gasteiger partial charge in [-0.3, -0.25) is 14.4 Å². The number of hydrogen-bond acceptors (Lipinski definition) is 3. The average molecular weight is 457 g/mol. The first kappa shape index (κ1) is 20.9. The van der Waals surface area contributed by atoms with Gasteiger partial charge in [-0.1, -0.05) is 27.5 Å². The molecule has 2 rings (SSSR count). The predicted octanol–water partition coefficient (Wildman–Crippen LogP) is 3.12. The number of carbonyl (C=O) groups is 3. The van der Waals surface area contributed by atoms with E-state index in [1.165, 1.54) is 6.07 Å². The van der Waals surface area contributed by atoms with Crippen molar-refractivity contribution in [1.29, 1.82) is 0 Å². The Bertz CT molecular complexity index is 846. The van der Waals surface area contributed by atoms with E-state index in [1.54, 1.807) is 24.3 Å². The lowest BCUT2D eigenvalue weighted by molar-refractivity contribution is -0.124. The third kappa shape index (κ3) is 6.99. The van der Waals surface area contributed by atoms with Crippen LogP contribution < -0.4 is 16.0 Å². The molecule has 0 saturated carbocycles. The summed E-state index contributed by atoms with van der Waals surface area (Å²) in [6.07, 6.45) is -0.0177. The topological polar surface area (TPSA) is 87.3 Å². The molecule has 0 fully saturated rings. The molecule has 0 atom stereocenters. The van der Waals surface area contributed by atoms with E-state index in [4.69, 9.17) is 11.6 Å². The maximum Gasteiger partial charge on any atom is 0.252 e. The number of rotatable bonds is 7. The van der Waals surface area contributed by atoms with E-state index >= 15 is 0 Å². The molecule has 0 aliphatic rings. The van der Waals surface area contributed by atoms with Gasteiger partial charge in [-0.05, 0) is 42.5 Å². The summed E-state index contributed by atoms with van der Waals surface area (Å²) in [5.74, 6) is -1.82. The lowest BCUT2D eigenvalue weighted by atomic mass is 10.2. The zero-order chi connectivity index (χ0) is 19.8. The van der Waals surface area contributed by atoms with E-state index in [0.717, 1.165) is 16.6 Å². The first-order valence-electron chi connectivity index (χ1n) is 7.90. The van der Waals surface area contributed by atoms with Crippen LogP contribution in [0.25, 0.3) is 0 Å². The Morgan fingerprint density at radius 3 is 2.37 bits per heavy atom. The standard InChI is InChI=1S/C18H16BrClFN3O3/c19-11-1-4-13(5-2-11)24-17(26)10-23-16(25)7-8-22-18(27)14-6-3-12(21)9-15(14)20/h1-6,9H,7-8,10H2,(H,22,27)(H,23,25)(H,24,26). The lowest BCUT2D eigenvalue weighted by Crippen LogP contribution is -2.35. The van der Waals surface area contributed by atoms with E-state index in [9.17, 15) is 18.8 Å². The zero-order valence-corrected chi connectivity index (χ0v) is 16.4. The number of amides is 3. The Morgan fingerprint density at radius 1 is 1.00 bits per heavy atom. The third-order valence-corrected chi connectivity index (χ3v) is 4.23. The molecule has 3 N–H and O–H groups in total. The number of hydrogen-bond donors (Lipinski definition) is 3. The predicted molar refractivity (Wildman–Crippen MR) is 104 cm³/mol. The lowest BCUT2D eigenvalue weighted by Gasteiger charge is -2.08. The quantitative estimate of drug-likeness (QED) is 0.598. The summed E-state index contributed by atoms with van der Waals surface area (Å²) >= 11 is 9.09. The fourth-order valence-electron chi connectivity index (χ4n) is 2.06. The molecular formula is C18H16BrClFN3O3. The first-order chi connectivity index (χ1) is 12.8. The molecule has 0 unspecified atom stereocenters. The van der Waals surface area contributed by atoms with Crippen molar-refractivity contribution in [3.05, 3.63) is 63.3 Å². The van der Waals surface area contributed by atoms with Crippen LogP contribution in [0.1, 0.15) is 16.8 Å². The highest BCUT2D eigenvalue weighted by Gasteiger charge is 2.12. The first-order valence-corrected chi connectivity index (χ1v) is 9.07. The number of nitrogens with one attached hydrogen (secondary N) is 3. The van der Waals surface area contributed by atoms with E-state index < -0.39 is 17.6 Å². The van der Waals surface area contributed by atoms with Crippen molar-refractivity contribution in [2.24, 2.45) is 0 Å². The van der Waals surface area contributed by atoms with Crippen LogP contribution in [0.4, 0.5) is 10.1 Å². The van der Waals surface area contributed by atoms with Crippen LogP contribution in [-0.4, -0.2) is 30.8 Å². The van der Waals surface area contributed by atoms with E-state index in [0.29, 0.717) is 5.69 Å². The van der Waals surface area contributed by atoms with Gasteiger partial charge in [0.2, 0.25) is 11.8 Å². The average Bonchev–Trinajstić information content (AvgIpc) is 2.62. The maximum absolute atomic E-state index is 13.0. The van der Waals surface area contributed by atoms with Crippen molar-refractivity contribution in [2.45, 2.75) is 6.42 Å². The van der Waals surface area contributed by atoms with Crippen molar-refractivity contribution in [3.8, 4) is 0 Å². The minimum Gasteiger partial charge on any atom is -0.351 e. The highest BCUT2D eigenvalue weighted by atomic mass is 79.9. The molecule has 0 saturated heterocycles. The minimum atomic E-state index is -0.544. The number of anilines is 1. The monoisotopic (exact) mass is 455 g/mol. The van der Waals surface area contributed by atoms with Crippen molar-refractivity contribution in [3.63, 3.8) is 0 Å². The largest absolute Gasteiger partial charge is 0.351 e. The Balaban J connectivity index is 1.69. The molecule has 0 aromatic heterocycles. The molecule has 9 heteroatoms. The molecule has 2 aromatic rings. The molecule has 0 aliphatic heterocycles. The molecule has 0 heterocycles. The summed E-state index contributed by atoms with van der Waals surface area (Å²) in [7, 11) is 0. The van der Waals surface area contributed by atoms with Gasteiger partial charge in [-0.2, -0.15) is 0 Å². The van der Waals surface area contributed by atoms with Crippen LogP contribution >= 0.6 is 27.5 Å². The van der Waals surface area contributed by atoms with Gasteiger partial charge in [0.05, 0.1) is 17.1 Å². The van der Waals surface area contributed by atoms with Gasteiger partial charge < -0.3 is 16.0 Å². The van der Waals surface area contributed by atoms with Gasteiger partial charge in [-0.15, -0.1) is 0 Å². The van der Waals surface area contributed by atoms with Gasteiger partial charge in [0.15, 0.2) is 0 Å². The number of halogens is 3. The summed E-state index contributed by atoms with van der Waals surface area (Å²) in [5.41, 5.74) is 0.730. The minimum absolute atomic E-state index is 0.0124. The van der Waals surface area contributed by atoms with Gasteiger partial charge in [0, 0.05) is 23.1 Å². The summed E-state index contributed by atoms with van der Waals surface area (Å²) < 4.78 is 13.9. The molecule has 27 heavy (non-hydrogen) atoms. The van der Waals surface area contributed by atoms with Crippen molar-refractivity contribution in [1.82, 2.24) is 10.6 Å². The fourth-order valence-corrected chi connectivity index (χ4v) is 2.58. The van der Waals surface area contributed by atoms with Crippen LogP contribution in [0.3, 0.4) is 0 Å². The van der Waals surface area contributed by atoms with Crippen molar-refractivity contribution < 1.29 is 18.8 Å². The maximum atomic E-state index is 13.0. The molecule has 6 nitrogen and oxygen atoms in total. The Kier molecular flexibility index (Phi) is 7.75. The van der Waals surface area contributed by atoms with Crippen LogP contribution in [-0.2, 0) is 9.59 Å². The Hall–Kier alpha value is -2.45. The highest BCUT2D eigenvalue weighted by molar-refractivity contribution is 9.10. The summed E-state index contributed by atoms with van der Waals surface area (Å²) in [6.45, 7) is -0.140. The smallest absolute Gasteiger partial charge is 0.252 e. The summed E-state index contributed by atoms with van der Waals surface area (Å²) in [4.78, 5) is 35.5. The summed E-state index contributed by atoms with van der Waals surface area (Å²) in [5, 5.41) is 7.60. The number of carbonyl (C=O) groups excluding carboxylic acids is 3. The third-order valence-electron chi connectivity index (χ3n) is 3.39. The fraction of sp³-hybridized carbons (Fsp3) is 0.167. The Labute approximate surface area is 168 Å². The molecule has 3 amide bonds. The molecule has 0 bridgehead atoms. The zero-order valence-electron chi connectivity index (χ0n) is 14.0. The SMILES string of the molecule is O=C(CCNC(=O)c1ccc(F)cc1Cl)NCC(=O)Nc1ccc(Br)cc1. The van der Waals surface area contributed by atoms with Crippen LogP contribution in [0.15, 0.2) is 46.9 Å². The van der Waals surface area contributed by atoms with Gasteiger partial charge in [0.1, 0.15) is 5.82 Å². The van der Waals surface area contributed by atoms with Gasteiger partial charge in [0.25, 0.3) is 5.91 Å². The van der Waals surface area contributed by atoms with E-state index in [2.05, 4.69) is 31.9 Å². The van der Waals surface area contributed by atoms with Crippen LogP contribution in [0.5, 0.6) is 0 Å². The van der Waals surface area contributed by atoms with Crippen molar-refractivity contribution in [2.75, 3.05) is 18.4 Å². The molecule has 0 radical (unpaired) electrons. The number of benzene rings is 2. The normalized spacial score (nSPS) is 10.2. The van der Waals surface area contributed by atoms with Crippen LogP contribution in [0, 0.1) is 5.82 Å². The van der Waals surface area contributed by atoms with Gasteiger partial charge >= 0.3 is 0 Å². The summed E-state index contributed by atoms with van der Waals surface area (Å²) in [6, 6.07) is 10.4. The molecule has 142 valence electrons. The highest BCUT2D eigenvalue weighted by Crippen LogP contribution is 2.17. The van der Waals surface area contributed by atoms with Crippen molar-refractivity contribution >= 4 is 50.9 Å². The van der Waals surface area contributed by atoms with E-state index in [1.807, 2.05) is 0 Å². The molecular weight excluding hydrogens is 441 g/mol. The van der Waals surface area contributed by atoms with Gasteiger partial charge in [-0.25, -0.2) is 4.39 Å². The Morgan fingerprint density at radius 2 is 1.70 bits per heavy atom. The second-order valence-corrected chi connectivity index (χ2v) is 6.78. The molecule has 0 aliphatic carbocycles. The second-order valence-electron chi connectivity index (χ2n) is 5.46. The molecule has 2 aromatic carbocycles. The van der Waals surface area contributed by atoms with Crippen LogP contribution in [0.2, 0.25) is 5.02 Å². The van der Waals surface area contributed by atoms with E-state index in [-0.39, 0.29) is 36.0 Å². The molecule has 0 spiro atoms.